The van der Waals surface area contributed by atoms with Gasteiger partial charge >= 0.3 is 21.7 Å². The van der Waals surface area contributed by atoms with E-state index in [1.807, 2.05) is 0 Å². The first kappa shape index (κ1) is 17.2. The molecule has 0 aliphatic rings. The summed E-state index contributed by atoms with van der Waals surface area (Å²) in [5.74, 6) is 0. The summed E-state index contributed by atoms with van der Waals surface area (Å²) in [5, 5.41) is 0. The summed E-state index contributed by atoms with van der Waals surface area (Å²) in [5.41, 5.74) is 0. The first-order valence-electron chi connectivity index (χ1n) is 1.41. The second-order valence-electron chi connectivity index (χ2n) is 0. The van der Waals surface area contributed by atoms with Crippen molar-refractivity contribution in [3.05, 3.63) is 13.8 Å². The maximum atomic E-state index is 3.25. The van der Waals surface area contributed by atoms with E-state index >= 15 is 0 Å². The molecule has 0 aliphatic heterocycles. The quantitative estimate of drug-likeness (QED) is 0.325. The molecule has 0 saturated carbocycles. The fourth-order valence-corrected chi connectivity index (χ4v) is 0. The molecular weight excluding hydrogens is 95.9 g/mol. The van der Waals surface area contributed by atoms with Gasteiger partial charge in [0.2, 0.25) is 0 Å². The molecule has 0 amide bonds. The minimum atomic E-state index is 0. The first-order valence-corrected chi connectivity index (χ1v) is 1.41. The third-order valence-corrected chi connectivity index (χ3v) is 0. The topological polar surface area (TPSA) is 0 Å². The van der Waals surface area contributed by atoms with Gasteiger partial charge in [-0.1, -0.05) is 0 Å². The van der Waals surface area contributed by atoms with Crippen LogP contribution in [0, 0.1) is 13.8 Å². The van der Waals surface area contributed by atoms with Crippen LogP contribution in [0.4, 0.5) is 0 Å². The molecule has 0 aromatic heterocycles. The van der Waals surface area contributed by atoms with Crippen LogP contribution >= 0.6 is 0 Å². The molecule has 0 saturated heterocycles. The summed E-state index contributed by atoms with van der Waals surface area (Å²) < 4.78 is 0. The molecule has 0 aromatic rings. The Morgan fingerprint density at radius 1 is 0.800 bits per heavy atom. The van der Waals surface area contributed by atoms with Gasteiger partial charge in [0.1, 0.15) is 0 Å². The van der Waals surface area contributed by atoms with Gasteiger partial charge < -0.3 is 13.8 Å². The van der Waals surface area contributed by atoms with E-state index in [-0.39, 0.29) is 21.7 Å². The normalized spacial score (nSPS) is 2.40. The standard InChI is InChI=1S/2C2H5.Ti/c2*1-2;/h2*1H2,2H3;/q2*-1;+4. The van der Waals surface area contributed by atoms with Crippen molar-refractivity contribution in [2.45, 2.75) is 13.8 Å². The van der Waals surface area contributed by atoms with E-state index in [2.05, 4.69) is 13.8 Å². The largest absolute Gasteiger partial charge is 4.00 e. The van der Waals surface area contributed by atoms with Gasteiger partial charge in [-0.2, -0.15) is 13.8 Å². The van der Waals surface area contributed by atoms with E-state index in [1.165, 1.54) is 0 Å². The van der Waals surface area contributed by atoms with Gasteiger partial charge in [-0.3, -0.25) is 0 Å². The molecule has 0 nitrogen and oxygen atoms in total. The van der Waals surface area contributed by atoms with Crippen molar-refractivity contribution in [1.29, 1.82) is 0 Å². The van der Waals surface area contributed by atoms with E-state index in [1.54, 1.807) is 13.8 Å². The molecule has 0 aliphatic carbocycles. The van der Waals surface area contributed by atoms with E-state index in [9.17, 15) is 0 Å². The molecule has 0 unspecified atom stereocenters. The summed E-state index contributed by atoms with van der Waals surface area (Å²) in [4.78, 5) is 0. The van der Waals surface area contributed by atoms with Crippen molar-refractivity contribution in [3.8, 4) is 0 Å². The third kappa shape index (κ3) is 68.1. The molecule has 0 atom stereocenters. The van der Waals surface area contributed by atoms with Crippen LogP contribution in [0.1, 0.15) is 13.8 Å². The Morgan fingerprint density at radius 3 is 0.800 bits per heavy atom. The van der Waals surface area contributed by atoms with Gasteiger partial charge in [0, 0.05) is 0 Å². The molecular formula is C4H10Ti+2. The van der Waals surface area contributed by atoms with Gasteiger partial charge in [0.05, 0.1) is 0 Å². The van der Waals surface area contributed by atoms with Gasteiger partial charge in [-0.15, -0.1) is 0 Å². The van der Waals surface area contributed by atoms with Crippen LogP contribution in [-0.2, 0) is 21.7 Å². The fourth-order valence-electron chi connectivity index (χ4n) is 0. The molecule has 0 N–H and O–H groups in total. The molecule has 0 radical (unpaired) electrons. The Balaban J connectivity index is -0.0000000133. The van der Waals surface area contributed by atoms with Crippen LogP contribution in [0.15, 0.2) is 0 Å². The Bertz CT molecular complexity index is 3.61. The number of rotatable bonds is 0. The molecule has 28 valence electrons. The van der Waals surface area contributed by atoms with Gasteiger partial charge in [0.25, 0.3) is 0 Å². The summed E-state index contributed by atoms with van der Waals surface area (Å²) in [7, 11) is 0. The number of hydrogen-bond acceptors (Lipinski definition) is 0. The second-order valence-corrected chi connectivity index (χ2v) is 0. The minimum Gasteiger partial charge on any atom is -0.346 e. The SMILES string of the molecule is [CH2-]C.[CH2-]C.[Ti+4]. The summed E-state index contributed by atoms with van der Waals surface area (Å²) >= 11 is 0. The molecule has 0 spiro atoms. The molecule has 0 rings (SSSR count). The van der Waals surface area contributed by atoms with Crippen molar-refractivity contribution in [2.75, 3.05) is 0 Å². The molecule has 0 heterocycles. The fraction of sp³-hybridized carbons (Fsp3) is 0.500. The second kappa shape index (κ2) is 127. The Morgan fingerprint density at radius 2 is 0.800 bits per heavy atom. The van der Waals surface area contributed by atoms with Crippen molar-refractivity contribution in [1.82, 2.24) is 0 Å². The smallest absolute Gasteiger partial charge is 0.346 e. The Labute approximate surface area is 49.8 Å². The number of hydrogen-bond donors (Lipinski definition) is 0. The molecule has 0 aromatic carbocycles. The van der Waals surface area contributed by atoms with Crippen LogP contribution in [0.5, 0.6) is 0 Å². The zero-order valence-corrected chi connectivity index (χ0v) is 5.48. The Hall–Kier alpha value is 0.714. The van der Waals surface area contributed by atoms with Crippen LogP contribution in [-0.4, -0.2) is 0 Å². The maximum absolute atomic E-state index is 3.25. The van der Waals surface area contributed by atoms with E-state index in [4.69, 9.17) is 0 Å². The van der Waals surface area contributed by atoms with Crippen LogP contribution in [0.25, 0.3) is 0 Å². The van der Waals surface area contributed by atoms with Crippen LogP contribution in [0.2, 0.25) is 0 Å². The maximum Gasteiger partial charge on any atom is 4.00 e. The summed E-state index contributed by atoms with van der Waals surface area (Å²) in [6, 6.07) is 0. The zero-order valence-electron chi connectivity index (χ0n) is 3.91. The van der Waals surface area contributed by atoms with E-state index in [0.29, 0.717) is 0 Å². The Kier molecular flexibility index (Phi) is 439. The van der Waals surface area contributed by atoms with E-state index in [0.717, 1.165) is 0 Å². The summed E-state index contributed by atoms with van der Waals surface area (Å²) in [6.45, 7) is 10.0. The van der Waals surface area contributed by atoms with Crippen molar-refractivity contribution < 1.29 is 21.7 Å². The first-order chi connectivity index (χ1) is 2.00. The van der Waals surface area contributed by atoms with Crippen molar-refractivity contribution in [3.63, 3.8) is 0 Å². The summed E-state index contributed by atoms with van der Waals surface area (Å²) in [6.07, 6.45) is 0. The predicted molar refractivity (Wildman–Crippen MR) is 22.1 cm³/mol. The molecule has 5 heavy (non-hydrogen) atoms. The molecule has 1 heteroatoms. The van der Waals surface area contributed by atoms with Crippen LogP contribution in [0.3, 0.4) is 0 Å². The minimum absolute atomic E-state index is 0. The van der Waals surface area contributed by atoms with Crippen molar-refractivity contribution in [2.24, 2.45) is 0 Å². The molecule has 0 bridgehead atoms. The van der Waals surface area contributed by atoms with E-state index < -0.39 is 0 Å². The zero-order chi connectivity index (χ0) is 4.00. The monoisotopic (exact) mass is 106 g/mol. The van der Waals surface area contributed by atoms with Crippen molar-refractivity contribution >= 4 is 0 Å². The van der Waals surface area contributed by atoms with Gasteiger partial charge in [-0.25, -0.2) is 0 Å². The predicted octanol–water partition coefficient (Wildman–Crippen LogP) is 1.68. The van der Waals surface area contributed by atoms with Gasteiger partial charge in [0.15, 0.2) is 0 Å². The average Bonchev–Trinajstić information content (AvgIpc) is 1.50. The third-order valence-electron chi connectivity index (χ3n) is 0. The van der Waals surface area contributed by atoms with Gasteiger partial charge in [-0.05, 0) is 0 Å². The van der Waals surface area contributed by atoms with Crippen LogP contribution < -0.4 is 0 Å². The molecule has 0 fully saturated rings. The average molecular weight is 106 g/mol.